The van der Waals surface area contributed by atoms with Crippen LogP contribution >= 0.6 is 11.8 Å². The molecule has 3 heteroatoms. The van der Waals surface area contributed by atoms with E-state index in [2.05, 4.69) is 24.7 Å². The van der Waals surface area contributed by atoms with Gasteiger partial charge in [-0.3, -0.25) is 4.79 Å². The summed E-state index contributed by atoms with van der Waals surface area (Å²) < 4.78 is 4.61. The molecule has 1 atom stereocenters. The summed E-state index contributed by atoms with van der Waals surface area (Å²) in [6, 6.07) is 0. The van der Waals surface area contributed by atoms with E-state index >= 15 is 0 Å². The predicted octanol–water partition coefficient (Wildman–Crippen LogP) is 3.28. The van der Waals surface area contributed by atoms with Crippen LogP contribution in [0.1, 0.15) is 33.1 Å². The second kappa shape index (κ2) is 7.00. The summed E-state index contributed by atoms with van der Waals surface area (Å²) in [6.45, 7) is 4.60. The number of ether oxygens (including phenoxy) is 1. The third kappa shape index (κ3) is 4.60. The first-order valence-corrected chi connectivity index (χ1v) is 7.11. The number of esters is 1. The van der Waals surface area contributed by atoms with Crippen LogP contribution in [0.5, 0.6) is 0 Å². The third-order valence-corrected chi connectivity index (χ3v) is 4.24. The van der Waals surface area contributed by atoms with Gasteiger partial charge in [0.1, 0.15) is 0 Å². The molecule has 0 aromatic carbocycles. The molecule has 0 aromatic heterocycles. The van der Waals surface area contributed by atoms with Crippen LogP contribution < -0.4 is 0 Å². The zero-order chi connectivity index (χ0) is 12.0. The molecule has 1 unspecified atom stereocenters. The number of thioether (sulfide) groups is 1. The number of allylic oxidation sites excluding steroid dienone is 1. The fraction of sp³-hybridized carbons (Fsp3) is 0.769. The van der Waals surface area contributed by atoms with Gasteiger partial charge < -0.3 is 4.74 Å². The van der Waals surface area contributed by atoms with E-state index in [1.54, 1.807) is 11.8 Å². The van der Waals surface area contributed by atoms with E-state index in [0.29, 0.717) is 5.75 Å². The van der Waals surface area contributed by atoms with Gasteiger partial charge in [0.15, 0.2) is 0 Å². The Hall–Kier alpha value is -0.440. The van der Waals surface area contributed by atoms with Crippen molar-refractivity contribution in [2.24, 2.45) is 11.8 Å². The predicted molar refractivity (Wildman–Crippen MR) is 69.6 cm³/mol. The highest BCUT2D eigenvalue weighted by atomic mass is 32.2. The Morgan fingerprint density at radius 1 is 1.62 bits per heavy atom. The summed E-state index contributed by atoms with van der Waals surface area (Å²) in [5.74, 6) is 2.98. The Morgan fingerprint density at radius 2 is 2.38 bits per heavy atom. The molecule has 2 nitrogen and oxygen atoms in total. The third-order valence-electron chi connectivity index (χ3n) is 3.22. The summed E-state index contributed by atoms with van der Waals surface area (Å²) in [6.07, 6.45) is 6.10. The molecule has 0 fully saturated rings. The van der Waals surface area contributed by atoms with E-state index in [1.165, 1.54) is 31.9 Å². The molecule has 1 aliphatic carbocycles. The zero-order valence-electron chi connectivity index (χ0n) is 10.5. The van der Waals surface area contributed by atoms with Gasteiger partial charge in [-0.2, -0.15) is 0 Å². The van der Waals surface area contributed by atoms with E-state index in [-0.39, 0.29) is 5.97 Å². The number of methoxy groups -OCH3 is 1. The van der Waals surface area contributed by atoms with Crippen molar-refractivity contribution in [3.8, 4) is 0 Å². The van der Waals surface area contributed by atoms with Gasteiger partial charge >= 0.3 is 5.97 Å². The molecule has 0 saturated carbocycles. The van der Waals surface area contributed by atoms with Gasteiger partial charge in [-0.15, -0.1) is 11.8 Å². The van der Waals surface area contributed by atoms with E-state index in [0.717, 1.165) is 17.6 Å². The smallest absolute Gasteiger partial charge is 0.315 e. The van der Waals surface area contributed by atoms with Gasteiger partial charge in [0, 0.05) is 5.75 Å². The van der Waals surface area contributed by atoms with Crippen LogP contribution in [-0.4, -0.2) is 24.6 Å². The lowest BCUT2D eigenvalue weighted by Gasteiger charge is -2.24. The lowest BCUT2D eigenvalue weighted by molar-refractivity contribution is -0.137. The maximum absolute atomic E-state index is 10.9. The monoisotopic (exact) mass is 242 g/mol. The Labute approximate surface area is 103 Å². The fourth-order valence-electron chi connectivity index (χ4n) is 1.97. The van der Waals surface area contributed by atoms with Crippen molar-refractivity contribution in [2.45, 2.75) is 33.1 Å². The Bertz CT molecular complexity index is 259. The van der Waals surface area contributed by atoms with Crippen LogP contribution in [0, 0.1) is 11.8 Å². The SMILES string of the molecule is COC(=O)CSCC1=CCC(C(C)C)CC1. The first-order chi connectivity index (χ1) is 7.63. The molecule has 92 valence electrons. The van der Waals surface area contributed by atoms with E-state index in [1.807, 2.05) is 0 Å². The molecule has 0 radical (unpaired) electrons. The Morgan fingerprint density at radius 3 is 2.88 bits per heavy atom. The second-order valence-corrected chi connectivity index (χ2v) is 5.70. The highest BCUT2D eigenvalue weighted by Gasteiger charge is 2.17. The van der Waals surface area contributed by atoms with Crippen LogP contribution in [0.4, 0.5) is 0 Å². The average molecular weight is 242 g/mol. The zero-order valence-corrected chi connectivity index (χ0v) is 11.3. The summed E-state index contributed by atoms with van der Waals surface area (Å²) in [4.78, 5) is 10.9. The fourth-order valence-corrected chi connectivity index (χ4v) is 2.88. The normalized spacial score (nSPS) is 20.8. The summed E-state index contributed by atoms with van der Waals surface area (Å²) >= 11 is 1.66. The molecule has 0 spiro atoms. The molecular weight excluding hydrogens is 220 g/mol. The quantitative estimate of drug-likeness (QED) is 0.547. The van der Waals surface area contributed by atoms with Crippen LogP contribution in [0.25, 0.3) is 0 Å². The van der Waals surface area contributed by atoms with Crippen molar-refractivity contribution >= 4 is 17.7 Å². The van der Waals surface area contributed by atoms with Gasteiger partial charge in [-0.1, -0.05) is 25.5 Å². The topological polar surface area (TPSA) is 26.3 Å². The molecule has 1 rings (SSSR count). The van der Waals surface area contributed by atoms with Crippen molar-refractivity contribution in [3.63, 3.8) is 0 Å². The van der Waals surface area contributed by atoms with E-state index in [9.17, 15) is 4.79 Å². The first-order valence-electron chi connectivity index (χ1n) is 5.96. The molecule has 0 saturated heterocycles. The van der Waals surface area contributed by atoms with Crippen molar-refractivity contribution in [1.82, 2.24) is 0 Å². The molecule has 0 aliphatic heterocycles. The van der Waals surface area contributed by atoms with Gasteiger partial charge in [0.05, 0.1) is 12.9 Å². The van der Waals surface area contributed by atoms with Crippen molar-refractivity contribution in [1.29, 1.82) is 0 Å². The highest BCUT2D eigenvalue weighted by Crippen LogP contribution is 2.30. The van der Waals surface area contributed by atoms with Gasteiger partial charge in [0.2, 0.25) is 0 Å². The van der Waals surface area contributed by atoms with Crippen LogP contribution in [0.2, 0.25) is 0 Å². The molecule has 1 aliphatic rings. The summed E-state index contributed by atoms with van der Waals surface area (Å²) in [7, 11) is 1.44. The molecule has 0 amide bonds. The highest BCUT2D eigenvalue weighted by molar-refractivity contribution is 8.00. The summed E-state index contributed by atoms with van der Waals surface area (Å²) in [5.41, 5.74) is 1.51. The minimum atomic E-state index is -0.124. The number of rotatable bonds is 5. The van der Waals surface area contributed by atoms with Crippen LogP contribution in [0.3, 0.4) is 0 Å². The molecule has 16 heavy (non-hydrogen) atoms. The maximum atomic E-state index is 10.9. The lowest BCUT2D eigenvalue weighted by atomic mass is 9.83. The van der Waals surface area contributed by atoms with Gasteiger partial charge in [-0.25, -0.2) is 0 Å². The summed E-state index contributed by atoms with van der Waals surface area (Å²) in [5, 5.41) is 0. The number of carbonyl (C=O) groups is 1. The number of carbonyl (C=O) groups excluding carboxylic acids is 1. The lowest BCUT2D eigenvalue weighted by Crippen LogP contribution is -2.13. The van der Waals surface area contributed by atoms with Crippen molar-refractivity contribution in [2.75, 3.05) is 18.6 Å². The molecule has 0 heterocycles. The van der Waals surface area contributed by atoms with Gasteiger partial charge in [0.25, 0.3) is 0 Å². The van der Waals surface area contributed by atoms with E-state index in [4.69, 9.17) is 0 Å². The average Bonchev–Trinajstić information content (AvgIpc) is 2.29. The Kier molecular flexibility index (Phi) is 5.96. The maximum Gasteiger partial charge on any atom is 0.315 e. The largest absolute Gasteiger partial charge is 0.468 e. The van der Waals surface area contributed by atoms with Gasteiger partial charge in [-0.05, 0) is 31.1 Å². The molecular formula is C13H22O2S. The standard InChI is InChI=1S/C13H22O2S/c1-10(2)12-6-4-11(5-7-12)8-16-9-13(14)15-3/h4,10,12H,5-9H2,1-3H3. The van der Waals surface area contributed by atoms with Crippen LogP contribution in [0.15, 0.2) is 11.6 Å². The van der Waals surface area contributed by atoms with Crippen molar-refractivity contribution < 1.29 is 9.53 Å². The van der Waals surface area contributed by atoms with Crippen LogP contribution in [-0.2, 0) is 9.53 Å². The molecule has 0 N–H and O–H groups in total. The molecule has 0 aromatic rings. The number of hydrogen-bond acceptors (Lipinski definition) is 3. The molecule has 0 bridgehead atoms. The minimum Gasteiger partial charge on any atom is -0.468 e. The van der Waals surface area contributed by atoms with Crippen molar-refractivity contribution in [3.05, 3.63) is 11.6 Å². The Balaban J connectivity index is 2.22. The second-order valence-electron chi connectivity index (χ2n) is 4.71. The number of hydrogen-bond donors (Lipinski definition) is 0. The first kappa shape index (κ1) is 13.6. The van der Waals surface area contributed by atoms with E-state index < -0.39 is 0 Å². The minimum absolute atomic E-state index is 0.124.